The summed E-state index contributed by atoms with van der Waals surface area (Å²) < 4.78 is 2.20. The molecule has 4 rings (SSSR count). The van der Waals surface area contributed by atoms with Gasteiger partial charge in [-0.15, -0.1) is 0 Å². The molecule has 0 fully saturated rings. The first-order valence-corrected chi connectivity index (χ1v) is 7.88. The smallest absolute Gasteiger partial charge is 0.167 e. The van der Waals surface area contributed by atoms with Gasteiger partial charge in [-0.05, 0) is 23.6 Å². The first-order valence-electron chi connectivity index (χ1n) is 7.88. The van der Waals surface area contributed by atoms with E-state index in [1.165, 1.54) is 33.3 Å². The number of hydrogen-bond donors (Lipinski definition) is 0. The van der Waals surface area contributed by atoms with E-state index in [9.17, 15) is 0 Å². The number of benzene rings is 2. The molecule has 1 nitrogen and oxygen atoms in total. The van der Waals surface area contributed by atoms with Crippen LogP contribution in [0.15, 0.2) is 91.3 Å². The van der Waals surface area contributed by atoms with E-state index in [1.807, 2.05) is 0 Å². The van der Waals surface area contributed by atoms with E-state index >= 15 is 0 Å². The normalized spacial score (nSPS) is 10.8. The molecule has 1 heteroatoms. The molecule has 0 atom stereocenters. The van der Waals surface area contributed by atoms with Crippen molar-refractivity contribution in [3.05, 3.63) is 96.8 Å². The molecular formula is C22H18N+. The Morgan fingerprint density at radius 1 is 0.652 bits per heavy atom. The molecule has 23 heavy (non-hydrogen) atoms. The number of rotatable bonds is 2. The van der Waals surface area contributed by atoms with Crippen LogP contribution in [0.2, 0.25) is 0 Å². The lowest BCUT2D eigenvalue weighted by Gasteiger charge is -2.09. The van der Waals surface area contributed by atoms with Gasteiger partial charge in [0.2, 0.25) is 5.52 Å². The molecule has 110 valence electrons. The van der Waals surface area contributed by atoms with Crippen LogP contribution in [0.1, 0.15) is 5.56 Å². The van der Waals surface area contributed by atoms with Crippen molar-refractivity contribution in [1.29, 1.82) is 0 Å². The van der Waals surface area contributed by atoms with Gasteiger partial charge in [0.15, 0.2) is 12.4 Å². The molecule has 2 aromatic heterocycles. The first kappa shape index (κ1) is 13.7. The van der Waals surface area contributed by atoms with E-state index in [0.29, 0.717) is 0 Å². The zero-order valence-corrected chi connectivity index (χ0v) is 13.1. The SMILES string of the molecule is Cc1cc[n+]2cc(-c3ccccc3)c(-c3ccccc3)cc2c1. The van der Waals surface area contributed by atoms with E-state index in [-0.39, 0.29) is 0 Å². The Bertz CT molecular complexity index is 957. The molecule has 0 saturated carbocycles. The van der Waals surface area contributed by atoms with E-state index in [2.05, 4.69) is 103 Å². The third kappa shape index (κ3) is 2.62. The fourth-order valence-corrected chi connectivity index (χ4v) is 3.01. The Morgan fingerprint density at radius 2 is 1.26 bits per heavy atom. The summed E-state index contributed by atoms with van der Waals surface area (Å²) in [5, 5.41) is 0. The molecule has 0 unspecified atom stereocenters. The monoisotopic (exact) mass is 296 g/mol. The molecule has 4 aromatic rings. The van der Waals surface area contributed by atoms with Crippen LogP contribution in [0.5, 0.6) is 0 Å². The Kier molecular flexibility index (Phi) is 3.39. The summed E-state index contributed by atoms with van der Waals surface area (Å²) in [4.78, 5) is 0. The molecule has 0 bridgehead atoms. The highest BCUT2D eigenvalue weighted by Crippen LogP contribution is 2.31. The van der Waals surface area contributed by atoms with Gasteiger partial charge < -0.3 is 0 Å². The Morgan fingerprint density at radius 3 is 1.91 bits per heavy atom. The number of aromatic nitrogens is 1. The van der Waals surface area contributed by atoms with E-state index in [1.54, 1.807) is 0 Å². The molecule has 0 spiro atoms. The van der Waals surface area contributed by atoms with Gasteiger partial charge in [0.25, 0.3) is 0 Å². The molecule has 2 heterocycles. The summed E-state index contributed by atoms with van der Waals surface area (Å²) in [6.45, 7) is 2.13. The zero-order valence-electron chi connectivity index (χ0n) is 13.1. The van der Waals surface area contributed by atoms with Crippen LogP contribution in [0.25, 0.3) is 27.8 Å². The van der Waals surface area contributed by atoms with Gasteiger partial charge in [0.1, 0.15) is 0 Å². The fourth-order valence-electron chi connectivity index (χ4n) is 3.01. The lowest BCUT2D eigenvalue weighted by atomic mass is 9.95. The average Bonchev–Trinajstić information content (AvgIpc) is 2.62. The van der Waals surface area contributed by atoms with Gasteiger partial charge in [-0.1, -0.05) is 60.7 Å². The minimum atomic E-state index is 1.21. The molecule has 0 radical (unpaired) electrons. The molecule has 0 N–H and O–H groups in total. The summed E-state index contributed by atoms with van der Waals surface area (Å²) in [6, 6.07) is 27.8. The van der Waals surface area contributed by atoms with Crippen molar-refractivity contribution in [1.82, 2.24) is 0 Å². The average molecular weight is 296 g/mol. The van der Waals surface area contributed by atoms with Gasteiger partial charge in [0, 0.05) is 23.8 Å². The Balaban J connectivity index is 2.04. The largest absolute Gasteiger partial charge is 0.211 e. The maximum Gasteiger partial charge on any atom is 0.211 e. The Labute approximate surface area is 136 Å². The molecule has 0 saturated heterocycles. The van der Waals surface area contributed by atoms with Crippen LogP contribution in [0.4, 0.5) is 0 Å². The lowest BCUT2D eigenvalue weighted by molar-refractivity contribution is -0.511. The number of nitrogens with zero attached hydrogens (tertiary/aromatic N) is 1. The van der Waals surface area contributed by atoms with Gasteiger partial charge in [-0.3, -0.25) is 0 Å². The first-order chi connectivity index (χ1) is 11.3. The minimum Gasteiger partial charge on any atom is -0.167 e. The maximum absolute atomic E-state index is 2.28. The van der Waals surface area contributed by atoms with Crippen molar-refractivity contribution in [2.45, 2.75) is 6.92 Å². The highest BCUT2D eigenvalue weighted by atomic mass is 14.8. The van der Waals surface area contributed by atoms with Gasteiger partial charge >= 0.3 is 0 Å². The second-order valence-electron chi connectivity index (χ2n) is 5.87. The van der Waals surface area contributed by atoms with Gasteiger partial charge in [-0.2, -0.15) is 4.40 Å². The third-order valence-corrected chi connectivity index (χ3v) is 4.19. The summed E-state index contributed by atoms with van der Waals surface area (Å²) in [6.07, 6.45) is 4.36. The third-order valence-electron chi connectivity index (χ3n) is 4.19. The fraction of sp³-hybridized carbons (Fsp3) is 0.0455. The van der Waals surface area contributed by atoms with Crippen LogP contribution in [-0.4, -0.2) is 0 Å². The van der Waals surface area contributed by atoms with Crippen molar-refractivity contribution in [2.75, 3.05) is 0 Å². The van der Waals surface area contributed by atoms with Crippen molar-refractivity contribution in [2.24, 2.45) is 0 Å². The Hall–Kier alpha value is -2.93. The highest BCUT2D eigenvalue weighted by molar-refractivity contribution is 5.84. The highest BCUT2D eigenvalue weighted by Gasteiger charge is 2.14. The number of hydrogen-bond acceptors (Lipinski definition) is 0. The van der Waals surface area contributed by atoms with Crippen LogP contribution in [-0.2, 0) is 0 Å². The molecule has 0 amide bonds. The van der Waals surface area contributed by atoms with Crippen molar-refractivity contribution < 1.29 is 4.40 Å². The maximum atomic E-state index is 2.28. The van der Waals surface area contributed by atoms with E-state index in [4.69, 9.17) is 0 Å². The predicted molar refractivity (Wildman–Crippen MR) is 95.2 cm³/mol. The molecular weight excluding hydrogens is 278 g/mol. The molecule has 0 aliphatic rings. The molecule has 0 aliphatic carbocycles. The van der Waals surface area contributed by atoms with Crippen LogP contribution in [0, 0.1) is 6.92 Å². The number of pyridine rings is 2. The quantitative estimate of drug-likeness (QED) is 0.455. The predicted octanol–water partition coefficient (Wildman–Crippen LogP) is 5.07. The summed E-state index contributed by atoms with van der Waals surface area (Å²) >= 11 is 0. The topological polar surface area (TPSA) is 4.10 Å². The van der Waals surface area contributed by atoms with Crippen molar-refractivity contribution in [3.8, 4) is 22.3 Å². The van der Waals surface area contributed by atoms with Crippen LogP contribution >= 0.6 is 0 Å². The van der Waals surface area contributed by atoms with Gasteiger partial charge in [-0.25, -0.2) is 0 Å². The van der Waals surface area contributed by atoms with E-state index < -0.39 is 0 Å². The van der Waals surface area contributed by atoms with Crippen LogP contribution < -0.4 is 4.40 Å². The molecule has 2 aromatic carbocycles. The van der Waals surface area contributed by atoms with Crippen LogP contribution in [0.3, 0.4) is 0 Å². The van der Waals surface area contributed by atoms with Gasteiger partial charge in [0.05, 0.1) is 5.56 Å². The molecule has 0 aliphatic heterocycles. The van der Waals surface area contributed by atoms with Crippen molar-refractivity contribution >= 4 is 5.52 Å². The standard InChI is InChI=1S/C22H18N/c1-17-12-13-23-16-22(19-10-6-3-7-11-19)21(15-20(23)14-17)18-8-4-2-5-9-18/h2-16H,1H3/q+1. The van der Waals surface area contributed by atoms with E-state index in [0.717, 1.165) is 0 Å². The summed E-state index contributed by atoms with van der Waals surface area (Å²) in [5.74, 6) is 0. The summed E-state index contributed by atoms with van der Waals surface area (Å²) in [7, 11) is 0. The number of fused-ring (bicyclic) bond motifs is 1. The van der Waals surface area contributed by atoms with Crippen molar-refractivity contribution in [3.63, 3.8) is 0 Å². The lowest BCUT2D eigenvalue weighted by Crippen LogP contribution is -2.21. The zero-order chi connectivity index (χ0) is 15.6. The minimum absolute atomic E-state index is 1.21. The second-order valence-corrected chi connectivity index (χ2v) is 5.87. The summed E-state index contributed by atoms with van der Waals surface area (Å²) in [5.41, 5.74) is 7.48. The number of aryl methyl sites for hydroxylation is 1. The second kappa shape index (κ2) is 5.69.